The van der Waals surface area contributed by atoms with Crippen molar-refractivity contribution in [3.05, 3.63) is 0 Å². The van der Waals surface area contributed by atoms with E-state index in [9.17, 15) is 0 Å². The van der Waals surface area contributed by atoms with Crippen molar-refractivity contribution in [3.8, 4) is 0 Å². The Morgan fingerprint density at radius 2 is 2.15 bits per heavy atom. The third-order valence-electron chi connectivity index (χ3n) is 6.07. The fraction of sp³-hybridized carbons (Fsp3) is 1.00. The van der Waals surface area contributed by atoms with Gasteiger partial charge in [-0.15, -0.1) is 0 Å². The van der Waals surface area contributed by atoms with Crippen molar-refractivity contribution in [3.63, 3.8) is 0 Å². The topological polar surface area (TPSA) is 21.3 Å². The zero-order valence-corrected chi connectivity index (χ0v) is 13.3. The van der Waals surface area contributed by atoms with Gasteiger partial charge in [-0.2, -0.15) is 0 Å². The van der Waals surface area contributed by atoms with E-state index in [0.29, 0.717) is 6.10 Å². The van der Waals surface area contributed by atoms with Crippen molar-refractivity contribution in [1.29, 1.82) is 0 Å². The highest BCUT2D eigenvalue weighted by molar-refractivity contribution is 4.91. The molecule has 5 atom stereocenters. The SMILES string of the molecule is CCNC(CCCC1CCCO1)CC1CC2CCC1C2. The summed E-state index contributed by atoms with van der Waals surface area (Å²) in [5, 5.41) is 3.75. The van der Waals surface area contributed by atoms with Crippen LogP contribution in [-0.4, -0.2) is 25.3 Å². The quantitative estimate of drug-likeness (QED) is 0.721. The molecule has 20 heavy (non-hydrogen) atoms. The molecule has 0 radical (unpaired) electrons. The molecule has 1 heterocycles. The highest BCUT2D eigenvalue weighted by Gasteiger charge is 2.39. The second kappa shape index (κ2) is 7.26. The summed E-state index contributed by atoms with van der Waals surface area (Å²) >= 11 is 0. The van der Waals surface area contributed by atoms with Gasteiger partial charge in [-0.3, -0.25) is 0 Å². The maximum absolute atomic E-state index is 5.75. The lowest BCUT2D eigenvalue weighted by molar-refractivity contribution is 0.101. The van der Waals surface area contributed by atoms with Crippen molar-refractivity contribution >= 4 is 0 Å². The summed E-state index contributed by atoms with van der Waals surface area (Å²) in [7, 11) is 0. The van der Waals surface area contributed by atoms with E-state index >= 15 is 0 Å². The van der Waals surface area contributed by atoms with Crippen molar-refractivity contribution in [2.75, 3.05) is 13.2 Å². The van der Waals surface area contributed by atoms with Crippen molar-refractivity contribution < 1.29 is 4.74 Å². The lowest BCUT2D eigenvalue weighted by Gasteiger charge is -2.27. The second-order valence-electron chi connectivity index (χ2n) is 7.49. The average molecular weight is 279 g/mol. The molecule has 0 amide bonds. The summed E-state index contributed by atoms with van der Waals surface area (Å²) in [6.07, 6.45) is 14.8. The highest BCUT2D eigenvalue weighted by atomic mass is 16.5. The van der Waals surface area contributed by atoms with E-state index in [1.807, 2.05) is 0 Å². The van der Waals surface area contributed by atoms with Crippen molar-refractivity contribution in [1.82, 2.24) is 5.32 Å². The van der Waals surface area contributed by atoms with Gasteiger partial charge in [0.15, 0.2) is 0 Å². The van der Waals surface area contributed by atoms with Crippen LogP contribution < -0.4 is 5.32 Å². The number of nitrogens with one attached hydrogen (secondary N) is 1. The van der Waals surface area contributed by atoms with Crippen LogP contribution >= 0.6 is 0 Å². The Hall–Kier alpha value is -0.0800. The molecule has 0 spiro atoms. The largest absolute Gasteiger partial charge is 0.378 e. The van der Waals surface area contributed by atoms with E-state index in [1.54, 1.807) is 6.42 Å². The van der Waals surface area contributed by atoms with Gasteiger partial charge in [0.25, 0.3) is 0 Å². The normalized spacial score (nSPS) is 37.6. The molecule has 2 nitrogen and oxygen atoms in total. The van der Waals surface area contributed by atoms with E-state index in [1.165, 1.54) is 57.8 Å². The van der Waals surface area contributed by atoms with Gasteiger partial charge in [-0.25, -0.2) is 0 Å². The van der Waals surface area contributed by atoms with Gasteiger partial charge in [0.2, 0.25) is 0 Å². The summed E-state index contributed by atoms with van der Waals surface area (Å²) < 4.78 is 5.75. The Kier molecular flexibility index (Phi) is 5.39. The second-order valence-corrected chi connectivity index (χ2v) is 7.49. The minimum atomic E-state index is 0.583. The van der Waals surface area contributed by atoms with Gasteiger partial charge in [-0.05, 0) is 82.1 Å². The first kappa shape index (κ1) is 14.8. The third-order valence-corrected chi connectivity index (χ3v) is 6.07. The first-order chi connectivity index (χ1) is 9.85. The Morgan fingerprint density at radius 1 is 1.20 bits per heavy atom. The number of hydrogen-bond donors (Lipinski definition) is 1. The van der Waals surface area contributed by atoms with Gasteiger partial charge in [0.1, 0.15) is 0 Å². The molecule has 2 saturated carbocycles. The monoisotopic (exact) mass is 279 g/mol. The number of rotatable bonds is 8. The van der Waals surface area contributed by atoms with Crippen molar-refractivity contribution in [2.24, 2.45) is 17.8 Å². The molecule has 0 aromatic rings. The molecule has 3 aliphatic rings. The maximum atomic E-state index is 5.75. The zero-order valence-electron chi connectivity index (χ0n) is 13.3. The van der Waals surface area contributed by atoms with Crippen LogP contribution in [0.25, 0.3) is 0 Å². The molecule has 1 aliphatic heterocycles. The summed E-state index contributed by atoms with van der Waals surface area (Å²) in [6.45, 7) is 4.39. The van der Waals surface area contributed by atoms with Crippen molar-refractivity contribution in [2.45, 2.75) is 83.3 Å². The van der Waals surface area contributed by atoms with E-state index < -0.39 is 0 Å². The molecule has 0 aromatic carbocycles. The minimum Gasteiger partial charge on any atom is -0.378 e. The standard InChI is InChI=1S/C18H33NO/c1-2-19-17(5-3-6-18-7-4-10-20-18)13-16-12-14-8-9-15(16)11-14/h14-19H,2-13H2,1H3. The molecule has 2 bridgehead atoms. The van der Waals surface area contributed by atoms with E-state index in [4.69, 9.17) is 4.74 Å². The smallest absolute Gasteiger partial charge is 0.0576 e. The van der Waals surface area contributed by atoms with Crippen LogP contribution in [0.15, 0.2) is 0 Å². The number of ether oxygens (including phenoxy) is 1. The lowest BCUT2D eigenvalue weighted by Crippen LogP contribution is -2.32. The fourth-order valence-electron chi connectivity index (χ4n) is 5.09. The molecule has 5 unspecified atom stereocenters. The van der Waals surface area contributed by atoms with Gasteiger partial charge in [0, 0.05) is 12.6 Å². The minimum absolute atomic E-state index is 0.583. The highest BCUT2D eigenvalue weighted by Crippen LogP contribution is 2.50. The van der Waals surface area contributed by atoms with E-state index in [-0.39, 0.29) is 0 Å². The summed E-state index contributed by atoms with van der Waals surface area (Å²) in [6, 6.07) is 0.769. The van der Waals surface area contributed by atoms with Gasteiger partial charge < -0.3 is 10.1 Å². The first-order valence-corrected chi connectivity index (χ1v) is 9.20. The Balaban J connectivity index is 1.38. The molecule has 3 rings (SSSR count). The number of fused-ring (bicyclic) bond motifs is 2. The molecule has 2 aliphatic carbocycles. The van der Waals surface area contributed by atoms with Crippen LogP contribution in [0.2, 0.25) is 0 Å². The van der Waals surface area contributed by atoms with E-state index in [2.05, 4.69) is 12.2 Å². The molecule has 1 saturated heterocycles. The average Bonchev–Trinajstić information content (AvgIpc) is 3.16. The summed E-state index contributed by atoms with van der Waals surface area (Å²) in [4.78, 5) is 0. The number of hydrogen-bond acceptors (Lipinski definition) is 2. The molecular formula is C18H33NO. The van der Waals surface area contributed by atoms with Crippen LogP contribution in [-0.2, 0) is 4.74 Å². The predicted octanol–water partition coefficient (Wildman–Crippen LogP) is 4.14. The molecule has 2 heteroatoms. The predicted molar refractivity (Wildman–Crippen MR) is 83.8 cm³/mol. The summed E-state index contributed by atoms with van der Waals surface area (Å²) in [5.41, 5.74) is 0. The fourth-order valence-corrected chi connectivity index (χ4v) is 5.09. The van der Waals surface area contributed by atoms with Crippen LogP contribution in [0.4, 0.5) is 0 Å². The van der Waals surface area contributed by atoms with Crippen LogP contribution in [0, 0.1) is 17.8 Å². The molecule has 0 aromatic heterocycles. The molecule has 116 valence electrons. The Morgan fingerprint density at radius 3 is 2.80 bits per heavy atom. The molecule has 3 fully saturated rings. The Labute approximate surface area is 125 Å². The van der Waals surface area contributed by atoms with Crippen LogP contribution in [0.1, 0.15) is 71.1 Å². The van der Waals surface area contributed by atoms with Crippen LogP contribution in [0.5, 0.6) is 0 Å². The van der Waals surface area contributed by atoms with Gasteiger partial charge in [0.05, 0.1) is 6.10 Å². The summed E-state index contributed by atoms with van der Waals surface area (Å²) in [5.74, 6) is 3.22. The molecule has 1 N–H and O–H groups in total. The third kappa shape index (κ3) is 3.76. The lowest BCUT2D eigenvalue weighted by atomic mass is 9.83. The van der Waals surface area contributed by atoms with Crippen LogP contribution in [0.3, 0.4) is 0 Å². The van der Waals surface area contributed by atoms with Gasteiger partial charge in [-0.1, -0.05) is 13.3 Å². The molecular weight excluding hydrogens is 246 g/mol. The van der Waals surface area contributed by atoms with E-state index in [0.717, 1.165) is 36.9 Å². The van der Waals surface area contributed by atoms with Gasteiger partial charge >= 0.3 is 0 Å². The Bertz CT molecular complexity index is 287. The zero-order chi connectivity index (χ0) is 13.8. The maximum Gasteiger partial charge on any atom is 0.0576 e. The first-order valence-electron chi connectivity index (χ1n) is 9.20.